The zero-order valence-electron chi connectivity index (χ0n) is 10.7. The second-order valence-electron chi connectivity index (χ2n) is 4.28. The highest BCUT2D eigenvalue weighted by Crippen LogP contribution is 2.32. The highest BCUT2D eigenvalue weighted by molar-refractivity contribution is 6.36. The van der Waals surface area contributed by atoms with E-state index in [1.165, 1.54) is 0 Å². The van der Waals surface area contributed by atoms with Gasteiger partial charge in [-0.3, -0.25) is 4.79 Å². The Kier molecular flexibility index (Phi) is 3.47. The first-order valence-electron chi connectivity index (χ1n) is 5.80. The second kappa shape index (κ2) is 4.90. The lowest BCUT2D eigenvalue weighted by molar-refractivity contribution is -0.139. The molecule has 0 spiro atoms. The summed E-state index contributed by atoms with van der Waals surface area (Å²) < 4.78 is 10.6. The van der Waals surface area contributed by atoms with Gasteiger partial charge in [0.1, 0.15) is 13.9 Å². The summed E-state index contributed by atoms with van der Waals surface area (Å²) in [4.78, 5) is 11.2. The molecule has 2 N–H and O–H groups in total. The summed E-state index contributed by atoms with van der Waals surface area (Å²) in [5.41, 5.74) is 2.77. The van der Waals surface area contributed by atoms with Crippen molar-refractivity contribution < 1.29 is 19.4 Å². The molecule has 96 valence electrons. The molecule has 0 bridgehead atoms. The molecule has 1 atom stereocenters. The van der Waals surface area contributed by atoms with Crippen molar-refractivity contribution in [3.63, 3.8) is 0 Å². The molecular weight excluding hydrogens is 233 g/mol. The number of hydrogen-bond donors (Lipinski definition) is 2. The van der Waals surface area contributed by atoms with Gasteiger partial charge in [0.15, 0.2) is 11.5 Å². The van der Waals surface area contributed by atoms with Crippen LogP contribution in [0.2, 0.25) is 0 Å². The molecule has 0 saturated heterocycles. The maximum atomic E-state index is 11.2. The molecule has 1 unspecified atom stereocenters. The molecule has 2 rings (SSSR count). The van der Waals surface area contributed by atoms with E-state index in [9.17, 15) is 9.90 Å². The van der Waals surface area contributed by atoms with Crippen molar-refractivity contribution in [2.24, 2.45) is 0 Å². The van der Waals surface area contributed by atoms with E-state index >= 15 is 0 Å². The molecule has 0 amide bonds. The zero-order chi connectivity index (χ0) is 13.3. The fourth-order valence-corrected chi connectivity index (χ4v) is 2.50. The van der Waals surface area contributed by atoms with Crippen LogP contribution in [-0.4, -0.2) is 39.7 Å². The van der Waals surface area contributed by atoms with Gasteiger partial charge in [-0.05, 0) is 29.1 Å². The van der Waals surface area contributed by atoms with Gasteiger partial charge in [-0.1, -0.05) is 0 Å². The van der Waals surface area contributed by atoms with Gasteiger partial charge in [-0.25, -0.2) is 0 Å². The number of rotatable bonds is 3. The summed E-state index contributed by atoms with van der Waals surface area (Å²) in [6.07, 6.45) is 0.797. The minimum absolute atomic E-state index is 0.573. The third-order valence-corrected chi connectivity index (χ3v) is 3.36. The molecule has 1 aromatic rings. The summed E-state index contributed by atoms with van der Waals surface area (Å²) >= 11 is 0. The van der Waals surface area contributed by atoms with Gasteiger partial charge >= 0.3 is 5.97 Å². The van der Waals surface area contributed by atoms with Crippen molar-refractivity contribution in [2.75, 3.05) is 20.8 Å². The van der Waals surface area contributed by atoms with Gasteiger partial charge < -0.3 is 19.9 Å². The number of aliphatic carboxylic acids is 1. The molecule has 18 heavy (non-hydrogen) atoms. The summed E-state index contributed by atoms with van der Waals surface area (Å²) in [6, 6.07) is 1.08. The van der Waals surface area contributed by atoms with Crippen LogP contribution in [0.3, 0.4) is 0 Å². The molecule has 0 aromatic heterocycles. The number of fused-ring (bicyclic) bond motifs is 1. The molecule has 0 saturated carbocycles. The van der Waals surface area contributed by atoms with E-state index in [-0.39, 0.29) is 0 Å². The normalized spacial score (nSPS) is 18.0. The molecule has 0 fully saturated rings. The van der Waals surface area contributed by atoms with E-state index in [0.29, 0.717) is 18.0 Å². The quantitative estimate of drug-likeness (QED) is 0.689. The fraction of sp³-hybridized carbons (Fsp3) is 0.417. The molecule has 0 radical (unpaired) electrons. The number of benzene rings is 1. The van der Waals surface area contributed by atoms with Gasteiger partial charge in [0.05, 0.1) is 14.2 Å². The Labute approximate surface area is 106 Å². The molecule has 0 aliphatic carbocycles. The Morgan fingerprint density at radius 2 is 2.22 bits per heavy atom. The van der Waals surface area contributed by atoms with Crippen molar-refractivity contribution in [2.45, 2.75) is 12.5 Å². The van der Waals surface area contributed by atoms with Crippen LogP contribution >= 0.6 is 0 Å². The maximum Gasteiger partial charge on any atom is 0.325 e. The van der Waals surface area contributed by atoms with E-state index in [4.69, 9.17) is 9.47 Å². The standard InChI is InChI=1S/C12H16BNO4/c1-17-8-5-7-6(9(13)11(8)18-2)3-4-14-10(7)12(15)16/h5,10,14H,3-4,13H2,1-2H3,(H,15,16). The monoisotopic (exact) mass is 249 g/mol. The fourth-order valence-electron chi connectivity index (χ4n) is 2.50. The SMILES string of the molecule is Bc1c2c(cc(OC)c1OC)C(C(=O)O)NCC2. The van der Waals surface area contributed by atoms with E-state index in [2.05, 4.69) is 5.32 Å². The average Bonchev–Trinajstić information content (AvgIpc) is 2.37. The van der Waals surface area contributed by atoms with Crippen molar-refractivity contribution >= 4 is 19.3 Å². The number of ether oxygens (including phenoxy) is 2. The predicted octanol–water partition coefficient (Wildman–Crippen LogP) is -0.766. The average molecular weight is 249 g/mol. The Morgan fingerprint density at radius 1 is 1.50 bits per heavy atom. The summed E-state index contributed by atoms with van der Waals surface area (Å²) in [5, 5.41) is 12.2. The van der Waals surface area contributed by atoms with Crippen molar-refractivity contribution in [3.8, 4) is 11.5 Å². The van der Waals surface area contributed by atoms with E-state index < -0.39 is 12.0 Å². The first-order valence-corrected chi connectivity index (χ1v) is 5.80. The minimum atomic E-state index is -0.873. The number of carboxylic acid groups (broad SMARTS) is 1. The number of carbonyl (C=O) groups is 1. The van der Waals surface area contributed by atoms with Crippen LogP contribution in [0.1, 0.15) is 17.2 Å². The van der Waals surface area contributed by atoms with Crippen LogP contribution in [0.15, 0.2) is 6.07 Å². The number of carboxylic acids is 1. The summed E-state index contributed by atoms with van der Waals surface area (Å²) in [7, 11) is 5.08. The Bertz CT molecular complexity index is 489. The van der Waals surface area contributed by atoms with Crippen LogP contribution in [0.25, 0.3) is 0 Å². The number of hydrogen-bond acceptors (Lipinski definition) is 4. The summed E-state index contributed by atoms with van der Waals surface area (Å²) in [5.74, 6) is 0.383. The van der Waals surface area contributed by atoms with E-state index in [1.807, 2.05) is 7.85 Å². The Morgan fingerprint density at radius 3 is 2.78 bits per heavy atom. The molecule has 1 aliphatic rings. The second-order valence-corrected chi connectivity index (χ2v) is 4.28. The highest BCUT2D eigenvalue weighted by Gasteiger charge is 2.29. The first-order chi connectivity index (χ1) is 8.60. The van der Waals surface area contributed by atoms with E-state index in [1.54, 1.807) is 20.3 Å². The third-order valence-electron chi connectivity index (χ3n) is 3.36. The lowest BCUT2D eigenvalue weighted by Gasteiger charge is -2.27. The van der Waals surface area contributed by atoms with Crippen LogP contribution < -0.4 is 20.3 Å². The highest BCUT2D eigenvalue weighted by atomic mass is 16.5. The third kappa shape index (κ3) is 1.92. The van der Waals surface area contributed by atoms with Gasteiger partial charge in [0.25, 0.3) is 0 Å². The van der Waals surface area contributed by atoms with Crippen molar-refractivity contribution in [1.29, 1.82) is 0 Å². The van der Waals surface area contributed by atoms with Crippen LogP contribution in [0.4, 0.5) is 0 Å². The Hall–Kier alpha value is -1.69. The van der Waals surface area contributed by atoms with Gasteiger partial charge in [0.2, 0.25) is 0 Å². The molecule has 6 heteroatoms. The van der Waals surface area contributed by atoms with Crippen LogP contribution in [0, 0.1) is 0 Å². The molecular formula is C12H16BNO4. The zero-order valence-corrected chi connectivity index (χ0v) is 10.7. The molecule has 1 aliphatic heterocycles. The lowest BCUT2D eigenvalue weighted by atomic mass is 9.81. The smallest absolute Gasteiger partial charge is 0.325 e. The largest absolute Gasteiger partial charge is 0.493 e. The van der Waals surface area contributed by atoms with Gasteiger partial charge in [-0.15, -0.1) is 0 Å². The molecule has 1 aromatic carbocycles. The van der Waals surface area contributed by atoms with Gasteiger partial charge in [0, 0.05) is 6.54 Å². The van der Waals surface area contributed by atoms with Crippen molar-refractivity contribution in [1.82, 2.24) is 5.32 Å². The van der Waals surface area contributed by atoms with Gasteiger partial charge in [-0.2, -0.15) is 0 Å². The molecule has 1 heterocycles. The van der Waals surface area contributed by atoms with Crippen LogP contribution in [0.5, 0.6) is 11.5 Å². The predicted molar refractivity (Wildman–Crippen MR) is 69.8 cm³/mol. The lowest BCUT2D eigenvalue weighted by Crippen LogP contribution is -2.38. The summed E-state index contributed by atoms with van der Waals surface area (Å²) in [6.45, 7) is 0.653. The Balaban J connectivity index is 2.62. The maximum absolute atomic E-state index is 11.2. The number of nitrogens with one attached hydrogen (secondary N) is 1. The molecule has 5 nitrogen and oxygen atoms in total. The minimum Gasteiger partial charge on any atom is -0.493 e. The topological polar surface area (TPSA) is 67.8 Å². The first kappa shape index (κ1) is 12.8. The van der Waals surface area contributed by atoms with Crippen LogP contribution in [-0.2, 0) is 11.2 Å². The number of methoxy groups -OCH3 is 2. The van der Waals surface area contributed by atoms with E-state index in [0.717, 1.165) is 23.0 Å². The van der Waals surface area contributed by atoms with Crippen molar-refractivity contribution in [3.05, 3.63) is 17.2 Å².